The molecule has 5 heteroatoms. The van der Waals surface area contributed by atoms with Crippen LogP contribution in [0.3, 0.4) is 0 Å². The number of likely N-dealkylation sites (tertiary alicyclic amines) is 1. The van der Waals surface area contributed by atoms with Crippen LogP contribution in [-0.4, -0.2) is 42.5 Å². The molecule has 2 N–H and O–H groups in total. The lowest BCUT2D eigenvalue weighted by Crippen LogP contribution is -2.60. The molecular weight excluding hydrogens is 374 g/mol. The first-order valence-electron chi connectivity index (χ1n) is 11.0. The van der Waals surface area contributed by atoms with Crippen LogP contribution in [0.2, 0.25) is 0 Å². The first kappa shape index (κ1) is 20.9. The van der Waals surface area contributed by atoms with E-state index in [1.54, 1.807) is 0 Å². The number of piperidine rings is 1. The first-order valence-corrected chi connectivity index (χ1v) is 11.0. The molecule has 30 heavy (non-hydrogen) atoms. The fourth-order valence-corrected chi connectivity index (χ4v) is 4.29. The van der Waals surface area contributed by atoms with E-state index in [1.807, 2.05) is 30.3 Å². The molecule has 4 rings (SSSR count). The highest BCUT2D eigenvalue weighted by molar-refractivity contribution is 5.86. The van der Waals surface area contributed by atoms with Gasteiger partial charge in [0.25, 0.3) is 0 Å². The van der Waals surface area contributed by atoms with Gasteiger partial charge in [-0.15, -0.1) is 0 Å². The second-order valence-corrected chi connectivity index (χ2v) is 9.44. The number of benzene rings is 2. The maximum Gasteiger partial charge on any atom is 0.240 e. The molecule has 1 spiro atoms. The molecule has 2 saturated heterocycles. The minimum atomic E-state index is -0.423. The Hall–Kier alpha value is -2.37. The smallest absolute Gasteiger partial charge is 0.240 e. The lowest BCUT2D eigenvalue weighted by Gasteiger charge is -2.40. The van der Waals surface area contributed by atoms with Gasteiger partial charge in [0.05, 0.1) is 0 Å². The van der Waals surface area contributed by atoms with Gasteiger partial charge in [0.2, 0.25) is 5.91 Å². The van der Waals surface area contributed by atoms with Crippen molar-refractivity contribution in [2.75, 3.05) is 26.2 Å². The number of hydrogen-bond donors (Lipinski definition) is 2. The Morgan fingerprint density at radius 3 is 2.43 bits per heavy atom. The van der Waals surface area contributed by atoms with Crippen molar-refractivity contribution in [3.8, 4) is 5.75 Å². The van der Waals surface area contributed by atoms with E-state index in [1.165, 1.54) is 11.1 Å². The van der Waals surface area contributed by atoms with Crippen LogP contribution in [0.4, 0.5) is 0 Å². The predicted octanol–water partition coefficient (Wildman–Crippen LogP) is 3.35. The Kier molecular flexibility index (Phi) is 6.11. The maximum atomic E-state index is 12.8. The lowest BCUT2D eigenvalue weighted by atomic mass is 9.86. The van der Waals surface area contributed by atoms with Gasteiger partial charge in [0.1, 0.15) is 17.9 Å². The molecule has 0 saturated carbocycles. The number of carbonyl (C=O) groups excluding carboxylic acids is 1. The summed E-state index contributed by atoms with van der Waals surface area (Å²) >= 11 is 0. The summed E-state index contributed by atoms with van der Waals surface area (Å²) in [5.74, 6) is 1.10. The van der Waals surface area contributed by atoms with E-state index in [2.05, 4.69) is 53.6 Å². The lowest BCUT2D eigenvalue weighted by molar-refractivity contribution is -0.129. The van der Waals surface area contributed by atoms with Crippen LogP contribution < -0.4 is 15.4 Å². The quantitative estimate of drug-likeness (QED) is 0.798. The average molecular weight is 408 g/mol. The van der Waals surface area contributed by atoms with Crippen LogP contribution in [0.25, 0.3) is 0 Å². The molecule has 2 fully saturated rings. The van der Waals surface area contributed by atoms with Gasteiger partial charge in [-0.3, -0.25) is 9.69 Å². The largest absolute Gasteiger partial charge is 0.489 e. The maximum absolute atomic E-state index is 12.8. The van der Waals surface area contributed by atoms with Crippen LogP contribution in [0.15, 0.2) is 54.6 Å². The SMILES string of the molecule is CC1(C)CNC(=O)C2(CCN(Cc3ccccc3OCc3ccccc3)CC2)NC1. The molecule has 0 aliphatic carbocycles. The molecule has 1 amide bonds. The monoisotopic (exact) mass is 407 g/mol. The summed E-state index contributed by atoms with van der Waals surface area (Å²) < 4.78 is 6.13. The van der Waals surface area contributed by atoms with Crippen LogP contribution in [0.1, 0.15) is 37.8 Å². The zero-order valence-electron chi connectivity index (χ0n) is 18.1. The molecule has 5 nitrogen and oxygen atoms in total. The number of ether oxygens (including phenoxy) is 1. The second-order valence-electron chi connectivity index (χ2n) is 9.44. The number of para-hydroxylation sites is 1. The molecule has 2 aromatic carbocycles. The summed E-state index contributed by atoms with van der Waals surface area (Å²) in [4.78, 5) is 15.2. The van der Waals surface area contributed by atoms with E-state index < -0.39 is 5.54 Å². The highest BCUT2D eigenvalue weighted by Gasteiger charge is 2.44. The Morgan fingerprint density at radius 1 is 0.967 bits per heavy atom. The Labute approximate surface area is 179 Å². The van der Waals surface area contributed by atoms with Crippen LogP contribution in [0, 0.1) is 5.41 Å². The summed E-state index contributed by atoms with van der Waals surface area (Å²) in [7, 11) is 0. The Morgan fingerprint density at radius 2 is 1.67 bits per heavy atom. The molecule has 0 unspecified atom stereocenters. The molecule has 2 aromatic rings. The minimum absolute atomic E-state index is 0.0886. The zero-order valence-corrected chi connectivity index (χ0v) is 18.1. The third kappa shape index (κ3) is 4.85. The van der Waals surface area contributed by atoms with E-state index in [9.17, 15) is 4.79 Å². The molecular formula is C25H33N3O2. The molecule has 0 bridgehead atoms. The van der Waals surface area contributed by atoms with Gasteiger partial charge < -0.3 is 15.4 Å². The van der Waals surface area contributed by atoms with Gasteiger partial charge in [-0.25, -0.2) is 0 Å². The average Bonchev–Trinajstić information content (AvgIpc) is 2.87. The van der Waals surface area contributed by atoms with E-state index in [0.717, 1.165) is 51.3 Å². The van der Waals surface area contributed by atoms with Gasteiger partial charge in [0.15, 0.2) is 0 Å². The van der Waals surface area contributed by atoms with Crippen molar-refractivity contribution >= 4 is 5.91 Å². The van der Waals surface area contributed by atoms with Crippen molar-refractivity contribution in [3.05, 3.63) is 65.7 Å². The van der Waals surface area contributed by atoms with Crippen LogP contribution in [0.5, 0.6) is 5.75 Å². The minimum Gasteiger partial charge on any atom is -0.489 e. The Balaban J connectivity index is 1.37. The number of nitrogens with one attached hydrogen (secondary N) is 2. The number of rotatable bonds is 5. The van der Waals surface area contributed by atoms with E-state index in [-0.39, 0.29) is 11.3 Å². The highest BCUT2D eigenvalue weighted by Crippen LogP contribution is 2.29. The summed E-state index contributed by atoms with van der Waals surface area (Å²) in [6, 6.07) is 18.5. The molecule has 160 valence electrons. The van der Waals surface area contributed by atoms with E-state index in [4.69, 9.17) is 4.74 Å². The third-order valence-corrected chi connectivity index (χ3v) is 6.38. The van der Waals surface area contributed by atoms with Gasteiger partial charge in [-0.05, 0) is 29.9 Å². The molecule has 2 aliphatic rings. The molecule has 0 aromatic heterocycles. The summed E-state index contributed by atoms with van der Waals surface area (Å²) in [6.07, 6.45) is 1.67. The van der Waals surface area contributed by atoms with Gasteiger partial charge in [-0.2, -0.15) is 0 Å². The fraction of sp³-hybridized carbons (Fsp3) is 0.480. The molecule has 2 aliphatic heterocycles. The fourth-order valence-electron chi connectivity index (χ4n) is 4.29. The van der Waals surface area contributed by atoms with Gasteiger partial charge in [0, 0.05) is 38.3 Å². The summed E-state index contributed by atoms with van der Waals surface area (Å²) in [5.41, 5.74) is 2.03. The standard InChI is InChI=1S/C25H33N3O2/c1-24(2)18-26-23(29)25(27-19-24)12-14-28(15-13-25)16-21-10-6-7-11-22(21)30-17-20-8-4-3-5-9-20/h3-11,27H,12-19H2,1-2H3,(H,26,29). The van der Waals surface area contributed by atoms with E-state index >= 15 is 0 Å². The third-order valence-electron chi connectivity index (χ3n) is 6.38. The number of nitrogens with zero attached hydrogens (tertiary/aromatic N) is 1. The van der Waals surface area contributed by atoms with Gasteiger partial charge >= 0.3 is 0 Å². The number of amides is 1. The van der Waals surface area contributed by atoms with Crippen LogP contribution >= 0.6 is 0 Å². The first-order chi connectivity index (χ1) is 14.5. The highest BCUT2D eigenvalue weighted by atomic mass is 16.5. The molecule has 0 radical (unpaired) electrons. The number of hydrogen-bond acceptors (Lipinski definition) is 4. The van der Waals surface area contributed by atoms with Gasteiger partial charge in [-0.1, -0.05) is 62.4 Å². The normalized spacial score (nSPS) is 21.1. The molecule has 0 atom stereocenters. The van der Waals surface area contributed by atoms with Crippen molar-refractivity contribution in [1.29, 1.82) is 0 Å². The zero-order chi connectivity index (χ0) is 21.0. The van der Waals surface area contributed by atoms with Crippen LogP contribution in [-0.2, 0) is 17.9 Å². The molecule has 2 heterocycles. The van der Waals surface area contributed by atoms with Crippen molar-refractivity contribution in [1.82, 2.24) is 15.5 Å². The van der Waals surface area contributed by atoms with Crippen molar-refractivity contribution in [3.63, 3.8) is 0 Å². The summed E-state index contributed by atoms with van der Waals surface area (Å²) in [6.45, 7) is 9.19. The second kappa shape index (κ2) is 8.78. The summed E-state index contributed by atoms with van der Waals surface area (Å²) in [5, 5.41) is 6.77. The predicted molar refractivity (Wildman–Crippen MR) is 119 cm³/mol. The van der Waals surface area contributed by atoms with Crippen molar-refractivity contribution < 1.29 is 9.53 Å². The van der Waals surface area contributed by atoms with Crippen molar-refractivity contribution in [2.45, 2.75) is 45.4 Å². The van der Waals surface area contributed by atoms with E-state index in [0.29, 0.717) is 6.61 Å². The number of carbonyl (C=O) groups is 1. The van der Waals surface area contributed by atoms with Crippen molar-refractivity contribution in [2.24, 2.45) is 5.41 Å². The topological polar surface area (TPSA) is 53.6 Å². The Bertz CT molecular complexity index is 858.